The lowest BCUT2D eigenvalue weighted by atomic mass is 9.81. The molecule has 0 saturated carbocycles. The van der Waals surface area contributed by atoms with Gasteiger partial charge in [0.2, 0.25) is 0 Å². The first-order chi connectivity index (χ1) is 63.7. The van der Waals surface area contributed by atoms with Crippen LogP contribution in [-0.4, -0.2) is 82.1 Å². The molecule has 0 spiro atoms. The summed E-state index contributed by atoms with van der Waals surface area (Å²) in [5, 5.41) is 9.61. The Hall–Kier alpha value is -9.52. The highest BCUT2D eigenvalue weighted by Crippen LogP contribution is 2.40. The third-order valence-corrected chi connectivity index (χ3v) is 23.3. The molecule has 0 saturated heterocycles. The van der Waals surface area contributed by atoms with E-state index in [9.17, 15) is 13.9 Å². The molecular weight excluding hydrogens is 1700 g/mol. The first-order valence-corrected chi connectivity index (χ1v) is 50.8. The maximum absolute atomic E-state index is 14.0. The van der Waals surface area contributed by atoms with Gasteiger partial charge in [-0.1, -0.05) is 316 Å². The highest BCUT2D eigenvalue weighted by Gasteiger charge is 2.30. The number of nitrogens with zero attached hydrogens (tertiary/aromatic N) is 1. The first kappa shape index (κ1) is 125. The number of aliphatic hydroxyl groups is 1. The van der Waals surface area contributed by atoms with Gasteiger partial charge in [-0.15, -0.1) is 0 Å². The summed E-state index contributed by atoms with van der Waals surface area (Å²) >= 11 is 0. The number of allylic oxidation sites excluding steroid dienone is 1. The Kier molecular flexibility index (Phi) is 56.6. The number of hydrogen-bond donors (Lipinski definition) is 1. The lowest BCUT2D eigenvalue weighted by Crippen LogP contribution is -2.23. The van der Waals surface area contributed by atoms with Gasteiger partial charge in [0.25, 0.3) is 0 Å². The zero-order chi connectivity index (χ0) is 105. The molecule has 0 aliphatic carbocycles. The van der Waals surface area contributed by atoms with Crippen LogP contribution in [0.2, 0.25) is 0 Å². The van der Waals surface area contributed by atoms with E-state index in [-0.39, 0.29) is 33.5 Å². The van der Waals surface area contributed by atoms with Crippen molar-refractivity contribution < 1.29 is 51.8 Å². The van der Waals surface area contributed by atoms with Crippen molar-refractivity contribution in [1.29, 1.82) is 0 Å². The molecule has 764 valence electrons. The van der Waals surface area contributed by atoms with Crippen LogP contribution in [0.15, 0.2) is 195 Å². The molecule has 0 radical (unpaired) electrons. The minimum absolute atomic E-state index is 0.173. The van der Waals surface area contributed by atoms with E-state index in [2.05, 4.69) is 360 Å². The van der Waals surface area contributed by atoms with Crippen molar-refractivity contribution in [2.24, 2.45) is 5.41 Å². The second kappa shape index (κ2) is 61.8. The summed E-state index contributed by atoms with van der Waals surface area (Å²) in [6, 6.07) is 60.1. The second-order valence-corrected chi connectivity index (χ2v) is 43.0. The van der Waals surface area contributed by atoms with Crippen LogP contribution >= 0.6 is 0 Å². The Balaban J connectivity index is 0.000000772. The molecule has 0 atom stereocenters. The van der Waals surface area contributed by atoms with Gasteiger partial charge in [-0.2, -0.15) is 0 Å². The molecule has 9 aromatic rings. The molecule has 0 aliphatic heterocycles. The number of ether oxygens (including phenoxy) is 8. The van der Waals surface area contributed by atoms with E-state index in [0.29, 0.717) is 70.8 Å². The van der Waals surface area contributed by atoms with E-state index < -0.39 is 5.60 Å². The Labute approximate surface area is 836 Å². The van der Waals surface area contributed by atoms with Crippen LogP contribution in [0, 0.1) is 30.9 Å². The van der Waals surface area contributed by atoms with Gasteiger partial charge < -0.3 is 47.9 Å². The maximum Gasteiger partial charge on any atom is 0.161 e. The van der Waals surface area contributed by atoms with E-state index in [1.807, 2.05) is 71.9 Å². The zero-order valence-corrected chi connectivity index (χ0v) is 94.0. The van der Waals surface area contributed by atoms with Crippen molar-refractivity contribution in [3.8, 4) is 40.2 Å². The van der Waals surface area contributed by atoms with Gasteiger partial charge in [0.1, 0.15) is 46.0 Å². The lowest BCUT2D eigenvalue weighted by molar-refractivity contribution is 0.0800. The summed E-state index contributed by atoms with van der Waals surface area (Å²) in [4.78, 5) is 2.06. The number of halogens is 2. The van der Waals surface area contributed by atoms with Crippen LogP contribution in [0.5, 0.6) is 40.2 Å². The molecule has 0 amide bonds. The number of aryl methyl sites for hydroxylation is 3. The minimum Gasteiger partial charge on any atom is -0.501 e. The normalized spacial score (nSPS) is 11.3. The average molecular weight is 1890 g/mol. The Morgan fingerprint density at radius 3 is 1.11 bits per heavy atom. The maximum atomic E-state index is 14.0. The monoisotopic (exact) mass is 1890 g/mol. The highest BCUT2D eigenvalue weighted by atomic mass is 19.1. The van der Waals surface area contributed by atoms with Crippen LogP contribution < -0.4 is 33.2 Å². The number of methoxy groups -OCH3 is 3. The van der Waals surface area contributed by atoms with Crippen molar-refractivity contribution in [2.75, 3.05) is 60.8 Å². The Morgan fingerprint density at radius 1 is 0.380 bits per heavy atom. The molecule has 0 aromatic heterocycles. The van der Waals surface area contributed by atoms with Gasteiger partial charge in [-0.05, 0) is 311 Å². The largest absolute Gasteiger partial charge is 0.501 e. The summed E-state index contributed by atoms with van der Waals surface area (Å²) in [6.45, 7) is 95.5. The van der Waals surface area contributed by atoms with Crippen LogP contribution in [0.3, 0.4) is 0 Å². The van der Waals surface area contributed by atoms with Gasteiger partial charge in [0.15, 0.2) is 11.5 Å². The molecule has 10 nitrogen and oxygen atoms in total. The third kappa shape index (κ3) is 47.3. The fourth-order valence-electron chi connectivity index (χ4n) is 13.9. The highest BCUT2D eigenvalue weighted by molar-refractivity contribution is 5.63. The zero-order valence-electron chi connectivity index (χ0n) is 94.0. The summed E-state index contributed by atoms with van der Waals surface area (Å²) in [5.41, 5.74) is 18.9. The Bertz CT molecular complexity index is 4890. The first-order valence-electron chi connectivity index (χ1n) is 50.8. The minimum atomic E-state index is -0.861. The summed E-state index contributed by atoms with van der Waals surface area (Å²) < 4.78 is 72.3. The van der Waals surface area contributed by atoms with E-state index in [4.69, 9.17) is 37.9 Å². The van der Waals surface area contributed by atoms with Crippen molar-refractivity contribution in [3.63, 3.8) is 0 Å². The van der Waals surface area contributed by atoms with Crippen LogP contribution in [0.1, 0.15) is 418 Å². The Morgan fingerprint density at radius 2 is 0.752 bits per heavy atom. The molecular formula is C125H191F2NO9. The number of unbranched alkanes of at least 4 members (excludes halogenated alkanes) is 1. The van der Waals surface area contributed by atoms with E-state index in [0.717, 1.165) is 127 Å². The predicted octanol–water partition coefficient (Wildman–Crippen LogP) is 36.1. The molecule has 137 heavy (non-hydrogen) atoms. The molecule has 0 bridgehead atoms. The van der Waals surface area contributed by atoms with E-state index in [1.165, 1.54) is 67.6 Å². The van der Waals surface area contributed by atoms with Crippen LogP contribution in [-0.2, 0) is 28.4 Å². The van der Waals surface area contributed by atoms with Gasteiger partial charge in [0.05, 0.1) is 64.5 Å². The molecule has 0 heterocycles. The summed E-state index contributed by atoms with van der Waals surface area (Å²) in [6.07, 6.45) is 4.75. The molecule has 0 fully saturated rings. The fraction of sp³-hybridized carbons (Fsp3) is 0.536. The lowest BCUT2D eigenvalue weighted by Gasteiger charge is -2.28. The topological polar surface area (TPSA) is 97.3 Å². The quantitative estimate of drug-likeness (QED) is 0.0316. The molecule has 0 unspecified atom stereocenters. The summed E-state index contributed by atoms with van der Waals surface area (Å²) in [5.74, 6) is 11.6. The molecule has 9 rings (SSSR count). The standard InChI is InChI=1S/C16H24O2.C15H22FN.C14H22O2.2C14H22O.C13H19FO.2C13H20O.C13H20/c1-11(2)13-8-9-14(15(10-13)18-7)16(4,5)12(3)17-6;1-6-17(7-2)12(5)14-9-8-13(11(3)4)10-15(14)16;1-10(2)11-7-8-12(13(9-11)15-6)16-14(3,4)5;1-11(2)12-6-8-13(9-7-12)15-10-14(3,4)5;1-5-6-9-15-14-8-7-13(11(2)3)10-12(14)4;1-9(2)10-5-6-11(12(14)7-10)8-13(3,4)15;1-5-8-14-13-7-6-12(10(2)3)9-11(13)4;1-5-11-7-8-12(10(3)4)9-13(11)14-6-2;1-10(2)11-6-8-12(9-7-11)13(3,4)5/h8-11H,3H2,1-2,4-7H3;8-11H,5-7H2,1-4H3;7-10H,1-6H3;6-9,11H,10H2,1-5H3;7-8,10-11H,5-6,9H2,1-4H3;5-7,9,15H,8H2,1-4H3;6-7,9-10H,5,8H2,1-4H3;7-10H,5-6H2,1-4H3;6-10H,1-5H3. The number of hydrogen-bond acceptors (Lipinski definition) is 10. The van der Waals surface area contributed by atoms with E-state index >= 15 is 0 Å². The van der Waals surface area contributed by atoms with Crippen LogP contribution in [0.25, 0.3) is 5.70 Å². The van der Waals surface area contributed by atoms with E-state index in [1.54, 1.807) is 53.4 Å². The number of rotatable bonds is 33. The second-order valence-electron chi connectivity index (χ2n) is 43.0. The third-order valence-electron chi connectivity index (χ3n) is 23.3. The van der Waals surface area contributed by atoms with Crippen molar-refractivity contribution in [2.45, 2.75) is 377 Å². The predicted molar refractivity (Wildman–Crippen MR) is 589 cm³/mol. The average Bonchev–Trinajstić information content (AvgIpc) is 0.792. The van der Waals surface area contributed by atoms with Crippen LogP contribution in [0.4, 0.5) is 8.78 Å². The van der Waals surface area contributed by atoms with Gasteiger partial charge >= 0.3 is 0 Å². The fourth-order valence-corrected chi connectivity index (χ4v) is 13.9. The van der Waals surface area contributed by atoms with Gasteiger partial charge in [0, 0.05) is 36.3 Å². The smallest absolute Gasteiger partial charge is 0.161 e. The van der Waals surface area contributed by atoms with Crippen molar-refractivity contribution in [1.82, 2.24) is 4.90 Å². The van der Waals surface area contributed by atoms with Gasteiger partial charge in [-0.3, -0.25) is 0 Å². The van der Waals surface area contributed by atoms with Crippen molar-refractivity contribution in [3.05, 3.63) is 295 Å². The molecule has 9 aromatic carbocycles. The summed E-state index contributed by atoms with van der Waals surface area (Å²) in [7, 11) is 5.03. The number of benzene rings is 9. The molecule has 1 N–H and O–H groups in total. The van der Waals surface area contributed by atoms with Gasteiger partial charge in [-0.25, -0.2) is 8.78 Å². The van der Waals surface area contributed by atoms with Crippen molar-refractivity contribution >= 4 is 5.70 Å². The molecule has 12 heteroatoms. The SMILES string of the molecule is C=C(OC)C(C)(C)c1ccc(C(C)C)cc1OC.C=C(c1ccc(C(C)C)cc1F)N(CC)CC.CC(C)c1ccc(C(C)(C)C)cc1.CC(C)c1ccc(CC(C)(C)O)c(F)c1.CC(C)c1ccc(OCC(C)(C)C)cc1.CCCCOc1ccc(C(C)C)cc1C.CCCOc1ccc(C(C)C)cc1C.CCOc1cc(C(C)C)ccc1CC.COc1cc(C(C)C)ccc1OC(C)(C)C. The molecule has 0 aliphatic rings.